The Labute approximate surface area is 122 Å². The van der Waals surface area contributed by atoms with Crippen LogP contribution >= 0.6 is 0 Å². The highest BCUT2D eigenvalue weighted by Gasteiger charge is 2.15. The van der Waals surface area contributed by atoms with E-state index in [4.69, 9.17) is 5.11 Å². The SMILES string of the molecule is CCN(CCCO)CC(=O)N(CC)Cc1ccccc1. The minimum absolute atomic E-state index is 0.149. The quantitative estimate of drug-likeness (QED) is 0.748. The highest BCUT2D eigenvalue weighted by Crippen LogP contribution is 2.05. The van der Waals surface area contributed by atoms with E-state index in [1.807, 2.05) is 49.1 Å². The molecule has 0 aromatic heterocycles. The number of amides is 1. The molecule has 0 aliphatic rings. The zero-order valence-corrected chi connectivity index (χ0v) is 12.6. The third kappa shape index (κ3) is 5.72. The van der Waals surface area contributed by atoms with Gasteiger partial charge in [0.1, 0.15) is 0 Å². The van der Waals surface area contributed by atoms with Crippen LogP contribution in [0, 0.1) is 0 Å². The van der Waals surface area contributed by atoms with Crippen LogP contribution in [-0.4, -0.2) is 53.6 Å². The van der Waals surface area contributed by atoms with Crippen molar-refractivity contribution in [2.75, 3.05) is 32.8 Å². The van der Waals surface area contributed by atoms with Crippen molar-refractivity contribution in [3.05, 3.63) is 35.9 Å². The number of carbonyl (C=O) groups excluding carboxylic acids is 1. The molecule has 4 heteroatoms. The van der Waals surface area contributed by atoms with E-state index >= 15 is 0 Å². The first-order valence-corrected chi connectivity index (χ1v) is 7.36. The maximum absolute atomic E-state index is 12.3. The molecule has 4 nitrogen and oxygen atoms in total. The van der Waals surface area contributed by atoms with Gasteiger partial charge in [0.25, 0.3) is 0 Å². The molecule has 1 aromatic carbocycles. The molecule has 0 fully saturated rings. The summed E-state index contributed by atoms with van der Waals surface area (Å²) in [6.07, 6.45) is 0.714. The predicted octanol–water partition coefficient (Wildman–Crippen LogP) is 1.74. The van der Waals surface area contributed by atoms with Crippen molar-refractivity contribution in [1.29, 1.82) is 0 Å². The fraction of sp³-hybridized carbons (Fsp3) is 0.562. The van der Waals surface area contributed by atoms with E-state index in [-0.39, 0.29) is 12.5 Å². The number of hydrogen-bond donors (Lipinski definition) is 1. The molecule has 1 amide bonds. The average Bonchev–Trinajstić information content (AvgIpc) is 2.49. The maximum atomic E-state index is 12.3. The molecule has 0 aliphatic heterocycles. The van der Waals surface area contributed by atoms with Crippen LogP contribution in [0.15, 0.2) is 30.3 Å². The van der Waals surface area contributed by atoms with Crippen molar-refractivity contribution in [2.24, 2.45) is 0 Å². The monoisotopic (exact) mass is 278 g/mol. The molecule has 112 valence electrons. The summed E-state index contributed by atoms with van der Waals surface area (Å²) in [5, 5.41) is 8.87. The number of aliphatic hydroxyl groups excluding tert-OH is 1. The lowest BCUT2D eigenvalue weighted by atomic mass is 10.2. The lowest BCUT2D eigenvalue weighted by molar-refractivity contribution is -0.132. The van der Waals surface area contributed by atoms with Crippen LogP contribution in [0.2, 0.25) is 0 Å². The number of hydrogen-bond acceptors (Lipinski definition) is 3. The molecule has 0 saturated carbocycles. The lowest BCUT2D eigenvalue weighted by Crippen LogP contribution is -2.40. The van der Waals surface area contributed by atoms with Gasteiger partial charge in [-0.25, -0.2) is 0 Å². The standard InChI is InChI=1S/C16H26N2O2/c1-3-17(11-8-12-19)14-16(20)18(4-2)13-15-9-6-5-7-10-15/h5-7,9-10,19H,3-4,8,11-14H2,1-2H3. The third-order valence-corrected chi connectivity index (χ3v) is 3.39. The molecule has 1 aromatic rings. The summed E-state index contributed by atoms with van der Waals surface area (Å²) in [6, 6.07) is 10.0. The van der Waals surface area contributed by atoms with E-state index in [1.165, 1.54) is 0 Å². The molecule has 1 N–H and O–H groups in total. The van der Waals surface area contributed by atoms with Crippen LogP contribution < -0.4 is 0 Å². The van der Waals surface area contributed by atoms with Gasteiger partial charge in [0.2, 0.25) is 5.91 Å². The highest BCUT2D eigenvalue weighted by atomic mass is 16.3. The fourth-order valence-corrected chi connectivity index (χ4v) is 2.11. The van der Waals surface area contributed by atoms with Crippen molar-refractivity contribution in [1.82, 2.24) is 9.80 Å². The molecule has 1 rings (SSSR count). The molecule has 20 heavy (non-hydrogen) atoms. The van der Waals surface area contributed by atoms with E-state index in [1.54, 1.807) is 0 Å². The summed E-state index contributed by atoms with van der Waals surface area (Å²) >= 11 is 0. The Morgan fingerprint density at radius 3 is 2.40 bits per heavy atom. The number of nitrogens with zero attached hydrogens (tertiary/aromatic N) is 2. The van der Waals surface area contributed by atoms with Crippen molar-refractivity contribution in [2.45, 2.75) is 26.8 Å². The van der Waals surface area contributed by atoms with Crippen molar-refractivity contribution < 1.29 is 9.90 Å². The summed E-state index contributed by atoms with van der Waals surface area (Å²) in [5.41, 5.74) is 1.15. The van der Waals surface area contributed by atoms with E-state index < -0.39 is 0 Å². The Balaban J connectivity index is 2.53. The van der Waals surface area contributed by atoms with Crippen LogP contribution in [0.25, 0.3) is 0 Å². The molecule has 0 bridgehead atoms. The van der Waals surface area contributed by atoms with Gasteiger partial charge in [0.05, 0.1) is 6.54 Å². The van der Waals surface area contributed by atoms with Crippen LogP contribution in [0.5, 0.6) is 0 Å². The summed E-state index contributed by atoms with van der Waals surface area (Å²) in [7, 11) is 0. The van der Waals surface area contributed by atoms with E-state index in [2.05, 4.69) is 4.90 Å². The number of likely N-dealkylation sites (N-methyl/N-ethyl adjacent to an activating group) is 2. The van der Waals surface area contributed by atoms with Gasteiger partial charge in [-0.3, -0.25) is 9.69 Å². The number of aliphatic hydroxyl groups is 1. The topological polar surface area (TPSA) is 43.8 Å². The van der Waals surface area contributed by atoms with Gasteiger partial charge < -0.3 is 10.0 Å². The molecule has 0 aliphatic carbocycles. The third-order valence-electron chi connectivity index (χ3n) is 3.39. The zero-order chi connectivity index (χ0) is 14.8. The molecule has 0 saturated heterocycles. The Hall–Kier alpha value is -1.39. The van der Waals surface area contributed by atoms with Crippen LogP contribution in [0.3, 0.4) is 0 Å². The first-order chi connectivity index (χ1) is 9.71. The first kappa shape index (κ1) is 16.7. The van der Waals surface area contributed by atoms with Crippen molar-refractivity contribution >= 4 is 5.91 Å². The highest BCUT2D eigenvalue weighted by molar-refractivity contribution is 5.78. The molecule has 0 unspecified atom stereocenters. The predicted molar refractivity (Wildman–Crippen MR) is 81.3 cm³/mol. The van der Waals surface area contributed by atoms with Gasteiger partial charge in [-0.1, -0.05) is 37.3 Å². The van der Waals surface area contributed by atoms with E-state index in [0.29, 0.717) is 26.1 Å². The van der Waals surface area contributed by atoms with Gasteiger partial charge in [0.15, 0.2) is 0 Å². The second-order valence-corrected chi connectivity index (χ2v) is 4.84. The Morgan fingerprint density at radius 1 is 1.15 bits per heavy atom. The smallest absolute Gasteiger partial charge is 0.237 e. The van der Waals surface area contributed by atoms with Gasteiger partial charge in [-0.05, 0) is 25.5 Å². The normalized spacial score (nSPS) is 10.8. The molecule has 0 heterocycles. The second-order valence-electron chi connectivity index (χ2n) is 4.84. The largest absolute Gasteiger partial charge is 0.396 e. The molecule has 0 atom stereocenters. The fourth-order valence-electron chi connectivity index (χ4n) is 2.11. The summed E-state index contributed by atoms with van der Waals surface area (Å²) in [5.74, 6) is 0.149. The Kier molecular flexibility index (Phi) is 7.92. The van der Waals surface area contributed by atoms with E-state index in [9.17, 15) is 4.79 Å². The van der Waals surface area contributed by atoms with Gasteiger partial charge in [-0.15, -0.1) is 0 Å². The Morgan fingerprint density at radius 2 is 1.85 bits per heavy atom. The first-order valence-electron chi connectivity index (χ1n) is 7.36. The van der Waals surface area contributed by atoms with Gasteiger partial charge in [-0.2, -0.15) is 0 Å². The molecular formula is C16H26N2O2. The number of benzene rings is 1. The second kappa shape index (κ2) is 9.50. The number of rotatable bonds is 9. The van der Waals surface area contributed by atoms with Gasteiger partial charge in [0, 0.05) is 26.2 Å². The summed E-state index contributed by atoms with van der Waals surface area (Å²) in [6.45, 7) is 7.61. The van der Waals surface area contributed by atoms with E-state index in [0.717, 1.165) is 18.7 Å². The Bertz CT molecular complexity index is 381. The maximum Gasteiger partial charge on any atom is 0.237 e. The van der Waals surface area contributed by atoms with Crippen molar-refractivity contribution in [3.8, 4) is 0 Å². The zero-order valence-electron chi connectivity index (χ0n) is 12.6. The van der Waals surface area contributed by atoms with Crippen LogP contribution in [0.1, 0.15) is 25.8 Å². The molecule has 0 radical (unpaired) electrons. The summed E-state index contributed by atoms with van der Waals surface area (Å²) in [4.78, 5) is 16.3. The molecule has 0 spiro atoms. The van der Waals surface area contributed by atoms with Crippen molar-refractivity contribution in [3.63, 3.8) is 0 Å². The van der Waals surface area contributed by atoms with Crippen LogP contribution in [-0.2, 0) is 11.3 Å². The number of carbonyl (C=O) groups is 1. The lowest BCUT2D eigenvalue weighted by Gasteiger charge is -2.26. The van der Waals surface area contributed by atoms with Crippen LogP contribution in [0.4, 0.5) is 0 Å². The average molecular weight is 278 g/mol. The van der Waals surface area contributed by atoms with Gasteiger partial charge >= 0.3 is 0 Å². The minimum Gasteiger partial charge on any atom is -0.396 e. The minimum atomic E-state index is 0.149. The molecular weight excluding hydrogens is 252 g/mol. The summed E-state index contributed by atoms with van der Waals surface area (Å²) < 4.78 is 0.